The maximum absolute atomic E-state index is 13.4. The van der Waals surface area contributed by atoms with Crippen LogP contribution in [0.3, 0.4) is 0 Å². The van der Waals surface area contributed by atoms with E-state index in [1.165, 1.54) is 17.0 Å². The summed E-state index contributed by atoms with van der Waals surface area (Å²) >= 11 is 0. The number of nitrogens with one attached hydrogen (secondary N) is 2. The van der Waals surface area contributed by atoms with E-state index in [-0.39, 0.29) is 12.3 Å². The Labute approximate surface area is 194 Å². The fourth-order valence-corrected chi connectivity index (χ4v) is 3.25. The van der Waals surface area contributed by atoms with Crippen molar-refractivity contribution in [1.29, 1.82) is 0 Å². The highest BCUT2D eigenvalue weighted by molar-refractivity contribution is 5.98. The van der Waals surface area contributed by atoms with Crippen LogP contribution in [0.4, 0.5) is 10.5 Å². The van der Waals surface area contributed by atoms with Crippen LogP contribution in [0.5, 0.6) is 5.75 Å². The minimum Gasteiger partial charge on any atom is -0.508 e. The van der Waals surface area contributed by atoms with E-state index >= 15 is 0 Å². The molecule has 8 heteroatoms. The number of benzene rings is 2. The first kappa shape index (κ1) is 25.7. The number of carbonyl (C=O) groups is 3. The zero-order valence-corrected chi connectivity index (χ0v) is 19.8. The predicted molar refractivity (Wildman–Crippen MR) is 127 cm³/mol. The zero-order valence-electron chi connectivity index (χ0n) is 19.8. The van der Waals surface area contributed by atoms with Crippen LogP contribution in [-0.2, 0) is 14.3 Å². The van der Waals surface area contributed by atoms with Crippen LogP contribution in [0.25, 0.3) is 0 Å². The molecule has 0 aliphatic heterocycles. The van der Waals surface area contributed by atoms with Crippen LogP contribution in [0.1, 0.15) is 51.3 Å². The number of hydrogen-bond donors (Lipinski definition) is 3. The molecule has 33 heavy (non-hydrogen) atoms. The van der Waals surface area contributed by atoms with Crippen LogP contribution in [0, 0.1) is 6.92 Å². The lowest BCUT2D eigenvalue weighted by atomic mass is 10.0. The van der Waals surface area contributed by atoms with E-state index in [2.05, 4.69) is 10.6 Å². The van der Waals surface area contributed by atoms with Crippen molar-refractivity contribution in [2.45, 2.75) is 52.7 Å². The lowest BCUT2D eigenvalue weighted by Gasteiger charge is -2.31. The number of anilines is 1. The minimum absolute atomic E-state index is 0.0526. The van der Waals surface area contributed by atoms with Crippen LogP contribution < -0.4 is 10.6 Å². The lowest BCUT2D eigenvalue weighted by Crippen LogP contribution is -2.46. The Morgan fingerprint density at radius 3 is 2.27 bits per heavy atom. The summed E-state index contributed by atoms with van der Waals surface area (Å²) in [6, 6.07) is 12.5. The average Bonchev–Trinajstić information content (AvgIpc) is 2.73. The molecule has 2 rings (SSSR count). The van der Waals surface area contributed by atoms with Gasteiger partial charge in [-0.15, -0.1) is 0 Å². The van der Waals surface area contributed by atoms with Crippen molar-refractivity contribution in [3.63, 3.8) is 0 Å². The SMILES string of the molecule is CCCN(C(=O)CNC(=O)OC(C)(C)C)C(C(=O)Nc1ccccc1C)c1ccc(O)cc1. The molecule has 0 aromatic heterocycles. The third-order valence-corrected chi connectivity index (χ3v) is 4.74. The molecule has 2 aromatic carbocycles. The molecule has 3 amide bonds. The Morgan fingerprint density at radius 2 is 1.70 bits per heavy atom. The normalized spacial score (nSPS) is 11.9. The highest BCUT2D eigenvalue weighted by Crippen LogP contribution is 2.26. The van der Waals surface area contributed by atoms with E-state index in [0.29, 0.717) is 24.2 Å². The molecule has 8 nitrogen and oxygen atoms in total. The maximum Gasteiger partial charge on any atom is 0.408 e. The van der Waals surface area contributed by atoms with E-state index in [4.69, 9.17) is 4.74 Å². The van der Waals surface area contributed by atoms with Crippen molar-refractivity contribution in [2.24, 2.45) is 0 Å². The van der Waals surface area contributed by atoms with E-state index in [1.807, 2.05) is 32.0 Å². The molecule has 178 valence electrons. The maximum atomic E-state index is 13.4. The second kappa shape index (κ2) is 11.4. The molecule has 2 aromatic rings. The first-order valence-corrected chi connectivity index (χ1v) is 10.9. The molecule has 0 heterocycles. The lowest BCUT2D eigenvalue weighted by molar-refractivity contribution is -0.138. The summed E-state index contributed by atoms with van der Waals surface area (Å²) < 4.78 is 5.20. The molecular weight excluding hydrogens is 422 g/mol. The van der Waals surface area contributed by atoms with Gasteiger partial charge in [-0.3, -0.25) is 9.59 Å². The topological polar surface area (TPSA) is 108 Å². The van der Waals surface area contributed by atoms with Gasteiger partial charge in [-0.2, -0.15) is 0 Å². The molecule has 1 unspecified atom stereocenters. The summed E-state index contributed by atoms with van der Waals surface area (Å²) in [5.41, 5.74) is 1.37. The average molecular weight is 456 g/mol. The summed E-state index contributed by atoms with van der Waals surface area (Å²) in [6.07, 6.45) is -0.109. The third-order valence-electron chi connectivity index (χ3n) is 4.74. The number of rotatable bonds is 8. The Balaban J connectivity index is 2.31. The van der Waals surface area contributed by atoms with Gasteiger partial charge >= 0.3 is 6.09 Å². The molecule has 0 radical (unpaired) electrons. The van der Waals surface area contributed by atoms with Gasteiger partial charge in [-0.05, 0) is 63.4 Å². The zero-order chi connectivity index (χ0) is 24.6. The van der Waals surface area contributed by atoms with E-state index in [0.717, 1.165) is 5.56 Å². The predicted octanol–water partition coefficient (Wildman–Crippen LogP) is 4.14. The highest BCUT2D eigenvalue weighted by atomic mass is 16.6. The molecule has 0 fully saturated rings. The van der Waals surface area contributed by atoms with Crippen LogP contribution >= 0.6 is 0 Å². The first-order chi connectivity index (χ1) is 15.5. The van der Waals surface area contributed by atoms with Crippen LogP contribution in [0.15, 0.2) is 48.5 Å². The fourth-order valence-electron chi connectivity index (χ4n) is 3.25. The van der Waals surface area contributed by atoms with Gasteiger partial charge in [-0.1, -0.05) is 37.3 Å². The molecule has 1 atom stereocenters. The number of para-hydroxylation sites is 1. The van der Waals surface area contributed by atoms with Gasteiger partial charge in [0.2, 0.25) is 5.91 Å². The van der Waals surface area contributed by atoms with Crippen molar-refractivity contribution in [2.75, 3.05) is 18.4 Å². The second-order valence-electron chi connectivity index (χ2n) is 8.74. The summed E-state index contributed by atoms with van der Waals surface area (Å²) in [4.78, 5) is 40.0. The Bertz CT molecular complexity index is 967. The van der Waals surface area contributed by atoms with Crippen LogP contribution in [0.2, 0.25) is 0 Å². The Kier molecular flexibility index (Phi) is 8.85. The van der Waals surface area contributed by atoms with E-state index < -0.39 is 29.6 Å². The van der Waals surface area contributed by atoms with Crippen LogP contribution in [-0.4, -0.2) is 46.6 Å². The number of phenolic OH excluding ortho intramolecular Hbond substituents is 1. The molecule has 0 aliphatic rings. The molecule has 0 saturated carbocycles. The highest BCUT2D eigenvalue weighted by Gasteiger charge is 2.31. The second-order valence-corrected chi connectivity index (χ2v) is 8.74. The van der Waals surface area contributed by atoms with Gasteiger partial charge in [0.1, 0.15) is 23.9 Å². The van der Waals surface area contributed by atoms with E-state index in [1.54, 1.807) is 39.0 Å². The molecule has 0 aliphatic carbocycles. The number of hydrogen-bond acceptors (Lipinski definition) is 5. The molecule has 3 N–H and O–H groups in total. The Morgan fingerprint density at radius 1 is 1.06 bits per heavy atom. The van der Waals surface area contributed by atoms with E-state index in [9.17, 15) is 19.5 Å². The number of phenols is 1. The summed E-state index contributed by atoms with van der Waals surface area (Å²) in [5, 5.41) is 15.1. The molecule has 0 bridgehead atoms. The number of aryl methyl sites for hydroxylation is 1. The van der Waals surface area contributed by atoms with Gasteiger partial charge in [0.25, 0.3) is 5.91 Å². The quantitative estimate of drug-likeness (QED) is 0.554. The first-order valence-electron chi connectivity index (χ1n) is 10.9. The summed E-state index contributed by atoms with van der Waals surface area (Å²) in [5.74, 6) is -0.772. The number of ether oxygens (including phenoxy) is 1. The number of alkyl carbamates (subject to hydrolysis) is 1. The fraction of sp³-hybridized carbons (Fsp3) is 0.400. The van der Waals surface area contributed by atoms with Crippen molar-refractivity contribution >= 4 is 23.6 Å². The summed E-state index contributed by atoms with van der Waals surface area (Å²) in [6.45, 7) is 8.94. The third kappa shape index (κ3) is 7.82. The van der Waals surface area contributed by atoms with Gasteiger partial charge in [0, 0.05) is 12.2 Å². The van der Waals surface area contributed by atoms with Gasteiger partial charge < -0.3 is 25.4 Å². The molecule has 0 saturated heterocycles. The standard InChI is InChI=1S/C25H33N3O5/c1-6-15-28(21(30)16-26-24(32)33-25(3,4)5)22(18-11-13-19(29)14-12-18)23(31)27-20-10-8-7-9-17(20)2/h7-14,22,29H,6,15-16H2,1-5H3,(H,26,32)(H,27,31). The van der Waals surface area contributed by atoms with Crippen molar-refractivity contribution in [3.8, 4) is 5.75 Å². The van der Waals surface area contributed by atoms with Crippen molar-refractivity contribution in [3.05, 3.63) is 59.7 Å². The minimum atomic E-state index is -0.960. The van der Waals surface area contributed by atoms with Crippen molar-refractivity contribution < 1.29 is 24.2 Å². The Hall–Kier alpha value is -3.55. The monoisotopic (exact) mass is 455 g/mol. The molecule has 0 spiro atoms. The van der Waals surface area contributed by atoms with Crippen molar-refractivity contribution in [1.82, 2.24) is 10.2 Å². The molecular formula is C25H33N3O5. The van der Waals surface area contributed by atoms with Gasteiger partial charge in [0.15, 0.2) is 0 Å². The number of carbonyl (C=O) groups excluding carboxylic acids is 3. The van der Waals surface area contributed by atoms with Gasteiger partial charge in [0.05, 0.1) is 0 Å². The number of nitrogens with zero attached hydrogens (tertiary/aromatic N) is 1. The summed E-state index contributed by atoms with van der Waals surface area (Å²) in [7, 11) is 0. The number of aromatic hydroxyl groups is 1. The largest absolute Gasteiger partial charge is 0.508 e. The number of amides is 3. The smallest absolute Gasteiger partial charge is 0.408 e. The van der Waals surface area contributed by atoms with Gasteiger partial charge in [-0.25, -0.2) is 4.79 Å².